The van der Waals surface area contributed by atoms with E-state index in [1.165, 1.54) is 0 Å². The van der Waals surface area contributed by atoms with Crippen molar-refractivity contribution in [1.29, 1.82) is 0 Å². The first kappa shape index (κ1) is 42.4. The first-order chi connectivity index (χ1) is 26.6. The summed E-state index contributed by atoms with van der Waals surface area (Å²) in [5, 5.41) is 40.5. The summed E-state index contributed by atoms with van der Waals surface area (Å²) in [5.74, 6) is -1.70. The molecule has 2 unspecified atom stereocenters. The summed E-state index contributed by atoms with van der Waals surface area (Å²) >= 11 is 0. The van der Waals surface area contributed by atoms with Gasteiger partial charge in [0.2, 0.25) is 0 Å². The first-order valence-corrected chi connectivity index (χ1v) is 18.0. The summed E-state index contributed by atoms with van der Waals surface area (Å²) < 4.78 is 0. The van der Waals surface area contributed by atoms with Gasteiger partial charge in [-0.3, -0.25) is 9.98 Å². The number of phenols is 2. The molecule has 0 saturated heterocycles. The van der Waals surface area contributed by atoms with E-state index < -0.39 is 11.9 Å². The van der Waals surface area contributed by atoms with Gasteiger partial charge in [-0.25, -0.2) is 0 Å². The predicted molar refractivity (Wildman–Crippen MR) is 216 cm³/mol. The monoisotopic (exact) mass is 789 g/mol. The van der Waals surface area contributed by atoms with E-state index in [1.54, 1.807) is 0 Å². The number of aliphatic imine (C=N–C) groups is 2. The molecular formula is C47H42CoN2O6. The Hall–Kier alpha value is -6.29. The quantitative estimate of drug-likeness (QED) is 0.151. The molecule has 0 aliphatic heterocycles. The number of carboxylic acid groups (broad SMARTS) is 2. The van der Waals surface area contributed by atoms with Gasteiger partial charge in [0.15, 0.2) is 0 Å². The Balaban J connectivity index is 0.000000709. The molecular weight excluding hydrogens is 747 g/mol. The van der Waals surface area contributed by atoms with Gasteiger partial charge in [-0.2, -0.15) is 0 Å². The Bertz CT molecular complexity index is 2080. The van der Waals surface area contributed by atoms with E-state index in [0.29, 0.717) is 11.1 Å². The smallest absolute Gasteiger partial charge is 0.550 e. The SMILES string of the molecule is CC(=O)[O-].CC(=O)[O-].Oc1c(C=NC2CCC(N=Cc3cc(-c4ccccc4)cc(-c4ccccc4)c3O)C2)cc(-c2ccccc2)cc1-c1ccccc1.[Co+2]. The van der Waals surface area contributed by atoms with E-state index >= 15 is 0 Å². The van der Waals surface area contributed by atoms with Crippen molar-refractivity contribution in [1.82, 2.24) is 0 Å². The molecule has 0 bridgehead atoms. The molecule has 9 heteroatoms. The Morgan fingerprint density at radius 3 is 1.11 bits per heavy atom. The molecule has 1 radical (unpaired) electrons. The number of carboxylic acids is 2. The van der Waals surface area contributed by atoms with Crippen molar-refractivity contribution in [3.8, 4) is 56.0 Å². The van der Waals surface area contributed by atoms with Crippen LogP contribution in [0.25, 0.3) is 44.5 Å². The Morgan fingerprint density at radius 1 is 0.518 bits per heavy atom. The number of hydrogen-bond donors (Lipinski definition) is 2. The number of aromatic hydroxyl groups is 2. The molecule has 1 aliphatic rings. The molecule has 6 aromatic rings. The number of benzene rings is 6. The van der Waals surface area contributed by atoms with Gasteiger partial charge in [0.1, 0.15) is 11.5 Å². The van der Waals surface area contributed by atoms with Crippen LogP contribution in [-0.2, 0) is 26.4 Å². The van der Waals surface area contributed by atoms with E-state index in [-0.39, 0.29) is 40.4 Å². The van der Waals surface area contributed by atoms with E-state index in [9.17, 15) is 10.2 Å². The zero-order valence-corrected chi connectivity index (χ0v) is 32.1. The second-order valence-electron chi connectivity index (χ2n) is 13.0. The fourth-order valence-corrected chi connectivity index (χ4v) is 6.36. The number of hydrogen-bond acceptors (Lipinski definition) is 8. The number of aliphatic carboxylic acids is 2. The van der Waals surface area contributed by atoms with Crippen LogP contribution in [0.4, 0.5) is 0 Å². The largest absolute Gasteiger partial charge is 2.00 e. The Morgan fingerprint density at radius 2 is 0.804 bits per heavy atom. The second kappa shape index (κ2) is 21.0. The molecule has 1 aliphatic carbocycles. The molecule has 2 atom stereocenters. The van der Waals surface area contributed by atoms with Gasteiger partial charge in [-0.05, 0) is 90.8 Å². The normalized spacial score (nSPS) is 14.5. The van der Waals surface area contributed by atoms with E-state index in [4.69, 9.17) is 29.8 Å². The summed E-state index contributed by atoms with van der Waals surface area (Å²) in [5.41, 5.74) is 9.14. The fourth-order valence-electron chi connectivity index (χ4n) is 6.36. The van der Waals surface area contributed by atoms with Crippen LogP contribution in [0.5, 0.6) is 11.5 Å². The third-order valence-electron chi connectivity index (χ3n) is 8.89. The maximum Gasteiger partial charge on any atom is 2.00 e. The molecule has 0 aromatic heterocycles. The van der Waals surface area contributed by atoms with Crippen LogP contribution in [0.3, 0.4) is 0 Å². The van der Waals surface area contributed by atoms with Crippen LogP contribution in [0.2, 0.25) is 0 Å². The minimum Gasteiger partial charge on any atom is -0.550 e. The molecule has 8 nitrogen and oxygen atoms in total. The van der Waals surface area contributed by atoms with Crippen molar-refractivity contribution in [3.63, 3.8) is 0 Å². The summed E-state index contributed by atoms with van der Waals surface area (Å²) in [4.78, 5) is 27.7. The van der Waals surface area contributed by atoms with Gasteiger partial charge in [-0.1, -0.05) is 121 Å². The van der Waals surface area contributed by atoms with Gasteiger partial charge < -0.3 is 30.0 Å². The van der Waals surface area contributed by atoms with Crippen molar-refractivity contribution in [2.75, 3.05) is 0 Å². The zero-order chi connectivity index (χ0) is 39.2. The molecule has 1 fully saturated rings. The van der Waals surface area contributed by atoms with E-state index in [2.05, 4.69) is 24.3 Å². The van der Waals surface area contributed by atoms with Crippen LogP contribution >= 0.6 is 0 Å². The maximum absolute atomic E-state index is 11.3. The van der Waals surface area contributed by atoms with Gasteiger partial charge in [0.25, 0.3) is 0 Å². The van der Waals surface area contributed by atoms with Crippen molar-refractivity contribution in [2.24, 2.45) is 9.98 Å². The predicted octanol–water partition coefficient (Wildman–Crippen LogP) is 7.73. The standard InChI is InChI=1S/C43H36N2O2.2C2H4O2.Co/c46-42-36(23-34(30-13-5-1-6-14-30)25-40(42)32-17-9-3-10-18-32)28-44-38-21-22-39(27-38)45-29-37-24-35(31-15-7-2-8-16-31)26-41(43(37)47)33-19-11-4-12-20-33;2*1-2(3)4;/h1-20,23-26,28-29,38-39,46-47H,21-22,27H2;2*1H3,(H,3,4);/q;;;+2/p-2. The Labute approximate surface area is 337 Å². The zero-order valence-electron chi connectivity index (χ0n) is 31.0. The van der Waals surface area contributed by atoms with Crippen LogP contribution in [0.15, 0.2) is 156 Å². The van der Waals surface area contributed by atoms with Crippen molar-refractivity contribution >= 4 is 24.4 Å². The fraction of sp³-hybridized carbons (Fsp3) is 0.149. The average Bonchev–Trinajstić information content (AvgIpc) is 3.66. The number of nitrogens with zero attached hydrogens (tertiary/aromatic N) is 2. The summed E-state index contributed by atoms with van der Waals surface area (Å²) in [7, 11) is 0. The van der Waals surface area contributed by atoms with Crippen molar-refractivity contribution in [3.05, 3.63) is 157 Å². The molecule has 0 heterocycles. The average molecular weight is 790 g/mol. The molecule has 0 amide bonds. The van der Waals surface area contributed by atoms with Gasteiger partial charge >= 0.3 is 16.8 Å². The van der Waals surface area contributed by atoms with Crippen LogP contribution < -0.4 is 10.2 Å². The molecule has 0 spiro atoms. The van der Waals surface area contributed by atoms with Crippen LogP contribution in [-0.4, -0.2) is 46.7 Å². The summed E-state index contributed by atoms with van der Waals surface area (Å²) in [6, 6.07) is 48.7. The van der Waals surface area contributed by atoms with Gasteiger partial charge in [-0.15, -0.1) is 0 Å². The number of carbonyl (C=O) groups is 2. The van der Waals surface area contributed by atoms with Crippen molar-refractivity contribution in [2.45, 2.75) is 45.2 Å². The molecule has 1 saturated carbocycles. The van der Waals surface area contributed by atoms with Crippen molar-refractivity contribution < 1.29 is 46.8 Å². The minimum absolute atomic E-state index is 0. The summed E-state index contributed by atoms with van der Waals surface area (Å²) in [6.45, 7) is 1.94. The number of rotatable bonds is 8. The molecule has 56 heavy (non-hydrogen) atoms. The topological polar surface area (TPSA) is 145 Å². The van der Waals surface area contributed by atoms with Crippen LogP contribution in [0, 0.1) is 0 Å². The van der Waals surface area contributed by atoms with Gasteiger partial charge in [0.05, 0.1) is 12.1 Å². The number of carbonyl (C=O) groups excluding carboxylic acids is 2. The molecule has 7 rings (SSSR count). The molecule has 6 aromatic carbocycles. The third kappa shape index (κ3) is 12.1. The second-order valence-corrected chi connectivity index (χ2v) is 13.0. The van der Waals surface area contributed by atoms with E-state index in [1.807, 2.05) is 134 Å². The molecule has 285 valence electrons. The molecule has 2 N–H and O–H groups in total. The van der Waals surface area contributed by atoms with Crippen LogP contribution in [0.1, 0.15) is 44.2 Å². The maximum atomic E-state index is 11.3. The minimum atomic E-state index is -1.08. The van der Waals surface area contributed by atoms with E-state index in [0.717, 1.165) is 77.6 Å². The Kier molecular flexibility index (Phi) is 15.9. The third-order valence-corrected chi connectivity index (χ3v) is 8.89. The summed E-state index contributed by atoms with van der Waals surface area (Å²) in [6.07, 6.45) is 6.28. The number of phenolic OH excluding ortho intramolecular Hbond substituents is 2. The van der Waals surface area contributed by atoms with Gasteiger partial charge in [0, 0.05) is 46.6 Å². The first-order valence-electron chi connectivity index (χ1n) is 18.0.